The lowest BCUT2D eigenvalue weighted by Gasteiger charge is -2.19. The van der Waals surface area contributed by atoms with Crippen molar-refractivity contribution in [3.05, 3.63) is 223 Å². The number of nitrogens with zero attached hydrogens (tertiary/aromatic N) is 2. The van der Waals surface area contributed by atoms with E-state index < -0.39 is 0 Å². The molecule has 1 aliphatic rings. The zero-order chi connectivity index (χ0) is 41.9. The highest BCUT2D eigenvalue weighted by Gasteiger charge is 2.25. The first-order valence-electron chi connectivity index (χ1n) is 22.1. The van der Waals surface area contributed by atoms with Crippen LogP contribution in [0.3, 0.4) is 0 Å². The molecule has 14 rings (SSSR count). The number of benzene rings is 9. The van der Waals surface area contributed by atoms with Gasteiger partial charge in [-0.15, -0.1) is 0 Å². The van der Waals surface area contributed by atoms with Crippen molar-refractivity contribution < 1.29 is 8.83 Å². The van der Waals surface area contributed by atoms with E-state index >= 15 is 0 Å². The minimum absolute atomic E-state index is 0.227. The molecule has 0 amide bonds. The number of fused-ring (bicyclic) bond motifs is 12. The molecule has 0 bridgehead atoms. The fourth-order valence-corrected chi connectivity index (χ4v) is 10.6. The minimum Gasteiger partial charge on any atom is -0.456 e. The second-order valence-corrected chi connectivity index (χ2v) is 17.2. The van der Waals surface area contributed by atoms with Gasteiger partial charge < -0.3 is 18.0 Å². The van der Waals surface area contributed by atoms with E-state index in [-0.39, 0.29) is 5.92 Å². The maximum absolute atomic E-state index is 6.22. The third-order valence-electron chi connectivity index (χ3n) is 13.7. The summed E-state index contributed by atoms with van der Waals surface area (Å²) in [7, 11) is 0. The molecule has 300 valence electrons. The molecule has 1 atom stereocenters. The summed E-state index contributed by atoms with van der Waals surface area (Å²) in [5.41, 5.74) is 18.2. The Balaban J connectivity index is 0.911. The molecule has 0 saturated heterocycles. The molecule has 4 aromatic heterocycles. The van der Waals surface area contributed by atoms with Gasteiger partial charge in [0, 0.05) is 60.7 Å². The van der Waals surface area contributed by atoms with Crippen molar-refractivity contribution in [3.63, 3.8) is 0 Å². The third-order valence-corrected chi connectivity index (χ3v) is 13.7. The topological polar surface area (TPSA) is 36.1 Å². The van der Waals surface area contributed by atoms with Crippen LogP contribution >= 0.6 is 0 Å². The van der Waals surface area contributed by atoms with Gasteiger partial charge in [0.15, 0.2) is 0 Å². The summed E-state index contributed by atoms with van der Waals surface area (Å²) in [6.07, 6.45) is 5.66. The van der Waals surface area contributed by atoms with Crippen LogP contribution in [-0.4, -0.2) is 9.13 Å². The zero-order valence-corrected chi connectivity index (χ0v) is 34.7. The Morgan fingerprint density at radius 3 is 1.72 bits per heavy atom. The van der Waals surface area contributed by atoms with E-state index in [1.165, 1.54) is 77.2 Å². The van der Waals surface area contributed by atoms with Crippen LogP contribution in [0.2, 0.25) is 0 Å². The highest BCUT2D eigenvalue weighted by molar-refractivity contribution is 6.11. The van der Waals surface area contributed by atoms with Crippen LogP contribution < -0.4 is 0 Å². The Labute approximate surface area is 368 Å². The summed E-state index contributed by atoms with van der Waals surface area (Å²) in [6, 6.07) is 72.4. The molecule has 0 aliphatic heterocycles. The molecule has 0 radical (unpaired) electrons. The number of aromatic nitrogens is 2. The van der Waals surface area contributed by atoms with Gasteiger partial charge in [-0.3, -0.25) is 0 Å². The number of hydrogen-bond acceptors (Lipinski definition) is 2. The maximum atomic E-state index is 6.22. The van der Waals surface area contributed by atoms with E-state index in [2.05, 4.69) is 203 Å². The fraction of sp³-hybridized carbons (Fsp3) is 0.0333. The number of rotatable bonds is 5. The van der Waals surface area contributed by atoms with Gasteiger partial charge in [-0.05, 0) is 131 Å². The lowest BCUT2D eigenvalue weighted by Crippen LogP contribution is -2.07. The van der Waals surface area contributed by atoms with Crippen LogP contribution in [0.15, 0.2) is 215 Å². The number of furan rings is 2. The van der Waals surface area contributed by atoms with Crippen molar-refractivity contribution >= 4 is 82.7 Å². The molecule has 13 aromatic rings. The smallest absolute Gasteiger partial charge is 0.135 e. The van der Waals surface area contributed by atoms with E-state index in [4.69, 9.17) is 8.83 Å². The lowest BCUT2D eigenvalue weighted by molar-refractivity contribution is 0.668. The molecule has 0 N–H and O–H groups in total. The van der Waals surface area contributed by atoms with Gasteiger partial charge in [-0.2, -0.15) is 0 Å². The summed E-state index contributed by atoms with van der Waals surface area (Å²) in [6.45, 7) is 0. The van der Waals surface area contributed by atoms with Crippen molar-refractivity contribution in [3.8, 4) is 33.6 Å². The minimum atomic E-state index is 0.227. The van der Waals surface area contributed by atoms with E-state index in [1.54, 1.807) is 0 Å². The molecule has 0 fully saturated rings. The highest BCUT2D eigenvalue weighted by atomic mass is 16.3. The normalized spacial score (nSPS) is 14.0. The third kappa shape index (κ3) is 5.29. The highest BCUT2D eigenvalue weighted by Crippen LogP contribution is 2.43. The lowest BCUT2D eigenvalue weighted by atomic mass is 9.86. The molecular formula is C60H38N2O2. The molecule has 4 nitrogen and oxygen atoms in total. The zero-order valence-electron chi connectivity index (χ0n) is 34.7. The number of allylic oxidation sites excluding steroid dienone is 1. The average molecular weight is 819 g/mol. The Hall–Kier alpha value is -8.34. The van der Waals surface area contributed by atoms with Crippen LogP contribution in [0.5, 0.6) is 0 Å². The summed E-state index contributed by atoms with van der Waals surface area (Å²) < 4.78 is 17.2. The van der Waals surface area contributed by atoms with Gasteiger partial charge in [-0.1, -0.05) is 121 Å². The van der Waals surface area contributed by atoms with Crippen molar-refractivity contribution in [1.29, 1.82) is 0 Å². The number of para-hydroxylation sites is 4. The Bertz CT molecular complexity index is 4040. The molecule has 4 heterocycles. The largest absolute Gasteiger partial charge is 0.456 e. The molecule has 0 spiro atoms. The van der Waals surface area contributed by atoms with Crippen molar-refractivity contribution in [1.82, 2.24) is 9.13 Å². The maximum Gasteiger partial charge on any atom is 0.135 e. The molecule has 0 saturated carbocycles. The molecule has 1 aliphatic carbocycles. The fourth-order valence-electron chi connectivity index (χ4n) is 10.6. The first-order chi connectivity index (χ1) is 31.7. The second-order valence-electron chi connectivity index (χ2n) is 17.2. The van der Waals surface area contributed by atoms with Crippen LogP contribution in [0.4, 0.5) is 0 Å². The molecule has 4 heteroatoms. The van der Waals surface area contributed by atoms with Crippen molar-refractivity contribution in [2.45, 2.75) is 12.3 Å². The average Bonchev–Trinajstić information content (AvgIpc) is 4.11. The second kappa shape index (κ2) is 13.6. The summed E-state index contributed by atoms with van der Waals surface area (Å²) in [4.78, 5) is 0. The van der Waals surface area contributed by atoms with Gasteiger partial charge >= 0.3 is 0 Å². The number of hydrogen-bond donors (Lipinski definition) is 0. The standard InChI is InChI=1S/C60H38N2O2/c1-2-10-43(11-3-1)61-53-15-7-4-12-45(53)49-33-40(22-28-54(49)61)42-20-27-46-50-32-39(41-24-31-60-52(35-41)48-14-6-9-17-58(48)64-60)21-29-55(50)62(56(46)36-42)44-25-18-37(19-26-44)38-23-30-59-51(34-38)47-13-5-8-16-57(47)63-59/h1-31,33-36,39H,32H2. The molecular weight excluding hydrogens is 781 g/mol. The van der Waals surface area contributed by atoms with Crippen molar-refractivity contribution in [2.75, 3.05) is 0 Å². The van der Waals surface area contributed by atoms with E-state index in [0.717, 1.165) is 56.3 Å². The first kappa shape index (κ1) is 35.3. The van der Waals surface area contributed by atoms with Gasteiger partial charge in [0.1, 0.15) is 22.3 Å². The summed E-state index contributed by atoms with van der Waals surface area (Å²) >= 11 is 0. The predicted octanol–water partition coefficient (Wildman–Crippen LogP) is 16.2. The van der Waals surface area contributed by atoms with Gasteiger partial charge in [-0.25, -0.2) is 0 Å². The van der Waals surface area contributed by atoms with Gasteiger partial charge in [0.2, 0.25) is 0 Å². The molecule has 9 aromatic carbocycles. The predicted molar refractivity (Wildman–Crippen MR) is 265 cm³/mol. The van der Waals surface area contributed by atoms with Crippen molar-refractivity contribution in [2.24, 2.45) is 0 Å². The van der Waals surface area contributed by atoms with Crippen LogP contribution in [0, 0.1) is 0 Å². The van der Waals surface area contributed by atoms with Crippen LogP contribution in [0.1, 0.15) is 22.7 Å². The Kier molecular flexibility index (Phi) is 7.48. The summed E-state index contributed by atoms with van der Waals surface area (Å²) in [5, 5.41) is 8.39. The quantitative estimate of drug-likeness (QED) is 0.173. The molecule has 64 heavy (non-hydrogen) atoms. The Morgan fingerprint density at radius 2 is 0.922 bits per heavy atom. The van der Waals surface area contributed by atoms with Crippen LogP contribution in [-0.2, 0) is 6.42 Å². The van der Waals surface area contributed by atoms with E-state index in [9.17, 15) is 0 Å². The SMILES string of the molecule is C1=CC(c2ccc3oc4ccccc4c3c2)Cc2c1n(-c1ccc(-c3ccc4oc5ccccc5c4c3)cc1)c1cc(-c3ccc4c(c3)c3ccccc3n4-c3ccccc3)ccc21. The monoisotopic (exact) mass is 818 g/mol. The van der Waals surface area contributed by atoms with Gasteiger partial charge in [0.05, 0.1) is 16.6 Å². The first-order valence-corrected chi connectivity index (χ1v) is 22.1. The van der Waals surface area contributed by atoms with Crippen LogP contribution in [0.25, 0.3) is 116 Å². The van der Waals surface area contributed by atoms with E-state index in [0.29, 0.717) is 0 Å². The Morgan fingerprint density at radius 1 is 0.359 bits per heavy atom. The molecule has 1 unspecified atom stereocenters. The van der Waals surface area contributed by atoms with Gasteiger partial charge in [0.25, 0.3) is 0 Å². The van der Waals surface area contributed by atoms with E-state index in [1.807, 2.05) is 18.2 Å². The summed E-state index contributed by atoms with van der Waals surface area (Å²) in [5.74, 6) is 0.227.